The van der Waals surface area contributed by atoms with Crippen molar-refractivity contribution in [2.24, 2.45) is 0 Å². The van der Waals surface area contributed by atoms with Gasteiger partial charge in [0, 0.05) is 6.04 Å². The van der Waals surface area contributed by atoms with Crippen LogP contribution in [-0.2, 0) is 4.79 Å². The molecule has 4 nitrogen and oxygen atoms in total. The van der Waals surface area contributed by atoms with Gasteiger partial charge in [-0.3, -0.25) is 4.79 Å². The molecule has 1 aliphatic carbocycles. The molecule has 0 bridgehead atoms. The highest BCUT2D eigenvalue weighted by Crippen LogP contribution is 2.31. The Morgan fingerprint density at radius 2 is 1.67 bits per heavy atom. The van der Waals surface area contributed by atoms with E-state index in [2.05, 4.69) is 5.32 Å². The zero-order valence-electron chi connectivity index (χ0n) is 12.3. The Bertz CT molecular complexity index is 481. The topological polar surface area (TPSA) is 47.6 Å². The van der Waals surface area contributed by atoms with E-state index in [9.17, 15) is 4.79 Å². The number of para-hydroxylation sites is 2. The van der Waals surface area contributed by atoms with Crippen LogP contribution in [0.5, 0.6) is 11.5 Å². The zero-order valence-corrected chi connectivity index (χ0v) is 12.3. The summed E-state index contributed by atoms with van der Waals surface area (Å²) < 4.78 is 11.4. The second kappa shape index (κ2) is 6.83. The zero-order chi connectivity index (χ0) is 14.5. The van der Waals surface area contributed by atoms with Gasteiger partial charge in [-0.15, -0.1) is 0 Å². The number of hydrogen-bond donors (Lipinski definition) is 1. The lowest BCUT2D eigenvalue weighted by atomic mass is 9.96. The van der Waals surface area contributed by atoms with Crippen molar-refractivity contribution in [1.82, 2.24) is 5.32 Å². The Morgan fingerprint density at radius 1 is 1.00 bits per heavy atom. The van der Waals surface area contributed by atoms with Gasteiger partial charge in [-0.25, -0.2) is 0 Å². The first-order valence-electron chi connectivity index (χ1n) is 8.02. The van der Waals surface area contributed by atoms with Gasteiger partial charge < -0.3 is 14.8 Å². The van der Waals surface area contributed by atoms with E-state index < -0.39 is 6.10 Å². The number of carbonyl (C=O) groups is 1. The van der Waals surface area contributed by atoms with Gasteiger partial charge in [-0.05, 0) is 25.0 Å². The summed E-state index contributed by atoms with van der Waals surface area (Å²) in [7, 11) is 0. The third kappa shape index (κ3) is 3.69. The van der Waals surface area contributed by atoms with Crippen molar-refractivity contribution in [2.45, 2.75) is 57.1 Å². The van der Waals surface area contributed by atoms with Gasteiger partial charge in [0.1, 0.15) is 6.61 Å². The number of nitrogens with one attached hydrogen (secondary N) is 1. The Kier molecular flexibility index (Phi) is 4.63. The van der Waals surface area contributed by atoms with Crippen molar-refractivity contribution in [3.63, 3.8) is 0 Å². The summed E-state index contributed by atoms with van der Waals surface area (Å²) in [6.45, 7) is 0.287. The minimum Gasteiger partial charge on any atom is -0.485 e. The number of ether oxygens (including phenoxy) is 2. The second-order valence-corrected chi connectivity index (χ2v) is 5.91. The Labute approximate surface area is 125 Å². The van der Waals surface area contributed by atoms with Gasteiger partial charge >= 0.3 is 0 Å². The van der Waals surface area contributed by atoms with E-state index in [-0.39, 0.29) is 12.5 Å². The maximum atomic E-state index is 12.4. The van der Waals surface area contributed by atoms with E-state index in [1.54, 1.807) is 0 Å². The fourth-order valence-corrected chi connectivity index (χ4v) is 3.04. The third-order valence-electron chi connectivity index (χ3n) is 4.25. The molecule has 1 aliphatic heterocycles. The lowest BCUT2D eigenvalue weighted by Crippen LogP contribution is -2.47. The van der Waals surface area contributed by atoms with Gasteiger partial charge in [-0.1, -0.05) is 44.2 Å². The van der Waals surface area contributed by atoms with Crippen LogP contribution in [-0.4, -0.2) is 24.7 Å². The van der Waals surface area contributed by atoms with Crippen molar-refractivity contribution in [3.05, 3.63) is 24.3 Å². The van der Waals surface area contributed by atoms with E-state index in [1.807, 2.05) is 24.3 Å². The van der Waals surface area contributed by atoms with Crippen LogP contribution < -0.4 is 14.8 Å². The Morgan fingerprint density at radius 3 is 2.43 bits per heavy atom. The molecule has 1 fully saturated rings. The molecule has 1 amide bonds. The molecular weight excluding hydrogens is 266 g/mol. The molecule has 1 heterocycles. The van der Waals surface area contributed by atoms with Crippen LogP contribution in [0.25, 0.3) is 0 Å². The molecule has 1 atom stereocenters. The first-order chi connectivity index (χ1) is 10.3. The predicted octanol–water partition coefficient (Wildman–Crippen LogP) is 3.06. The smallest absolute Gasteiger partial charge is 0.264 e. The lowest BCUT2D eigenvalue weighted by molar-refractivity contribution is -0.131. The molecular formula is C17H23NO3. The van der Waals surface area contributed by atoms with Gasteiger partial charge in [0.25, 0.3) is 5.91 Å². The molecule has 4 heteroatoms. The number of fused-ring (bicyclic) bond motifs is 1. The Balaban J connectivity index is 1.56. The summed E-state index contributed by atoms with van der Waals surface area (Å²) >= 11 is 0. The first-order valence-corrected chi connectivity index (χ1v) is 8.02. The maximum absolute atomic E-state index is 12.4. The van der Waals surface area contributed by atoms with Gasteiger partial charge in [0.15, 0.2) is 11.5 Å². The Hall–Kier alpha value is -1.71. The molecule has 0 radical (unpaired) electrons. The van der Waals surface area contributed by atoms with Crippen molar-refractivity contribution in [2.75, 3.05) is 6.61 Å². The summed E-state index contributed by atoms with van der Waals surface area (Å²) in [4.78, 5) is 12.4. The number of benzene rings is 1. The van der Waals surface area contributed by atoms with Crippen molar-refractivity contribution >= 4 is 5.91 Å². The van der Waals surface area contributed by atoms with E-state index in [0.29, 0.717) is 17.5 Å². The number of rotatable bonds is 2. The van der Waals surface area contributed by atoms with Crippen LogP contribution in [0.4, 0.5) is 0 Å². The van der Waals surface area contributed by atoms with E-state index in [0.717, 1.165) is 12.8 Å². The summed E-state index contributed by atoms with van der Waals surface area (Å²) in [5.41, 5.74) is 0. The van der Waals surface area contributed by atoms with Gasteiger partial charge in [0.05, 0.1) is 0 Å². The molecule has 1 aromatic carbocycles. The van der Waals surface area contributed by atoms with Crippen LogP contribution in [0, 0.1) is 0 Å². The molecule has 0 aromatic heterocycles. The molecule has 0 spiro atoms. The van der Waals surface area contributed by atoms with E-state index >= 15 is 0 Å². The molecule has 1 aromatic rings. The average molecular weight is 289 g/mol. The van der Waals surface area contributed by atoms with Crippen LogP contribution in [0.2, 0.25) is 0 Å². The molecule has 1 N–H and O–H groups in total. The van der Waals surface area contributed by atoms with Gasteiger partial charge in [0.2, 0.25) is 6.10 Å². The highest BCUT2D eigenvalue weighted by molar-refractivity contribution is 5.82. The molecule has 21 heavy (non-hydrogen) atoms. The largest absolute Gasteiger partial charge is 0.485 e. The molecule has 2 aliphatic rings. The summed E-state index contributed by atoms with van der Waals surface area (Å²) in [5.74, 6) is 1.32. The summed E-state index contributed by atoms with van der Waals surface area (Å²) in [6, 6.07) is 7.77. The first kappa shape index (κ1) is 14.2. The number of amides is 1. The van der Waals surface area contributed by atoms with Crippen LogP contribution >= 0.6 is 0 Å². The van der Waals surface area contributed by atoms with Crippen molar-refractivity contribution < 1.29 is 14.3 Å². The molecule has 1 saturated carbocycles. The maximum Gasteiger partial charge on any atom is 0.264 e. The molecule has 0 saturated heterocycles. The minimum absolute atomic E-state index is 0.0462. The van der Waals surface area contributed by atoms with Crippen molar-refractivity contribution in [3.8, 4) is 11.5 Å². The van der Waals surface area contributed by atoms with Crippen LogP contribution in [0.1, 0.15) is 44.9 Å². The normalized spacial score (nSPS) is 23.0. The predicted molar refractivity (Wildman–Crippen MR) is 80.6 cm³/mol. The van der Waals surface area contributed by atoms with Crippen LogP contribution in [0.15, 0.2) is 24.3 Å². The molecule has 114 valence electrons. The fourth-order valence-electron chi connectivity index (χ4n) is 3.04. The highest BCUT2D eigenvalue weighted by atomic mass is 16.6. The van der Waals surface area contributed by atoms with E-state index in [4.69, 9.17) is 9.47 Å². The van der Waals surface area contributed by atoms with Gasteiger partial charge in [-0.2, -0.15) is 0 Å². The highest BCUT2D eigenvalue weighted by Gasteiger charge is 2.28. The van der Waals surface area contributed by atoms with Crippen molar-refractivity contribution in [1.29, 1.82) is 0 Å². The monoisotopic (exact) mass is 289 g/mol. The second-order valence-electron chi connectivity index (χ2n) is 5.91. The minimum atomic E-state index is -0.537. The fraction of sp³-hybridized carbons (Fsp3) is 0.588. The lowest BCUT2D eigenvalue weighted by Gasteiger charge is -2.28. The van der Waals surface area contributed by atoms with Crippen LogP contribution in [0.3, 0.4) is 0 Å². The summed E-state index contributed by atoms with van der Waals surface area (Å²) in [6.07, 6.45) is 7.92. The molecule has 1 unspecified atom stereocenters. The molecule has 3 rings (SSSR count). The summed E-state index contributed by atoms with van der Waals surface area (Å²) in [5, 5.41) is 3.14. The standard InChI is InChI=1S/C17H23NO3/c19-17(18-13-8-4-2-1-3-5-9-13)16-12-20-14-10-6-7-11-15(14)21-16/h6-7,10-11,13,16H,1-5,8-9,12H2,(H,18,19). The SMILES string of the molecule is O=C(NC1CCCCCCC1)C1COc2ccccc2O1. The average Bonchev–Trinajstić information content (AvgIpc) is 2.49. The number of hydrogen-bond acceptors (Lipinski definition) is 3. The number of carbonyl (C=O) groups excluding carboxylic acids is 1. The van der Waals surface area contributed by atoms with E-state index in [1.165, 1.54) is 32.1 Å². The third-order valence-corrected chi connectivity index (χ3v) is 4.25. The quantitative estimate of drug-likeness (QED) is 0.910.